The molecule has 0 bridgehead atoms. The Hall–Kier alpha value is -2.37. The van der Waals surface area contributed by atoms with E-state index in [0.717, 1.165) is 32.5 Å². The molecule has 0 spiro atoms. The van der Waals surface area contributed by atoms with Crippen LogP contribution >= 0.6 is 11.8 Å². The minimum absolute atomic E-state index is 0.0000113. The van der Waals surface area contributed by atoms with E-state index >= 15 is 0 Å². The molecule has 0 radical (unpaired) electrons. The minimum atomic E-state index is -1.05. The van der Waals surface area contributed by atoms with Crippen molar-refractivity contribution in [3.8, 4) is 6.07 Å². The molecule has 1 fully saturated rings. The van der Waals surface area contributed by atoms with Crippen molar-refractivity contribution in [1.82, 2.24) is 20.3 Å². The Morgan fingerprint density at radius 1 is 1.33 bits per heavy atom. The molecule has 0 unspecified atom stereocenters. The summed E-state index contributed by atoms with van der Waals surface area (Å²) in [6, 6.07) is 9.80. The second-order valence-corrected chi connectivity index (χ2v) is 6.97. The summed E-state index contributed by atoms with van der Waals surface area (Å²) in [7, 11) is 0. The topological polar surface area (TPSA) is 106 Å². The van der Waals surface area contributed by atoms with Crippen LogP contribution in [0.25, 0.3) is 0 Å². The number of nitrogens with zero attached hydrogens (tertiary/aromatic N) is 4. The van der Waals surface area contributed by atoms with Gasteiger partial charge in [0, 0.05) is 11.8 Å². The van der Waals surface area contributed by atoms with Gasteiger partial charge in [-0.1, -0.05) is 23.9 Å². The second-order valence-electron chi connectivity index (χ2n) is 5.68. The molecule has 2 aromatic rings. The van der Waals surface area contributed by atoms with E-state index in [1.54, 1.807) is 0 Å². The van der Waals surface area contributed by atoms with Crippen LogP contribution in [0.5, 0.6) is 0 Å². The zero-order chi connectivity index (χ0) is 16.9. The summed E-state index contributed by atoms with van der Waals surface area (Å²) in [6.07, 6.45) is 1.96. The second kappa shape index (κ2) is 7.47. The Morgan fingerprint density at radius 2 is 2.04 bits per heavy atom. The van der Waals surface area contributed by atoms with Gasteiger partial charge in [-0.3, -0.25) is 4.90 Å². The van der Waals surface area contributed by atoms with Crippen molar-refractivity contribution in [2.75, 3.05) is 13.1 Å². The molecule has 1 aliphatic heterocycles. The highest BCUT2D eigenvalue weighted by Crippen LogP contribution is 2.30. The summed E-state index contributed by atoms with van der Waals surface area (Å²) in [4.78, 5) is 13.4. The van der Waals surface area contributed by atoms with Crippen molar-refractivity contribution in [3.05, 3.63) is 41.1 Å². The number of nitrogens with one attached hydrogen (secondary N) is 1. The summed E-state index contributed by atoms with van der Waals surface area (Å²) in [5.74, 6) is -1.05. The molecule has 3 rings (SSSR count). The molecule has 124 valence electrons. The number of rotatable bonds is 5. The molecule has 1 saturated heterocycles. The summed E-state index contributed by atoms with van der Waals surface area (Å²) in [5.41, 5.74) is 1.88. The normalized spacial score (nSPS) is 16.0. The van der Waals surface area contributed by atoms with Crippen LogP contribution in [-0.4, -0.2) is 49.7 Å². The van der Waals surface area contributed by atoms with Gasteiger partial charge in [0.25, 0.3) is 0 Å². The van der Waals surface area contributed by atoms with Crippen molar-refractivity contribution >= 4 is 17.7 Å². The van der Waals surface area contributed by atoms with Crippen LogP contribution < -0.4 is 0 Å². The SMILES string of the molecule is N#Cc1ccc(CN2CCC(Sc3n[nH]nc3C(=O)O)CC2)cc1. The minimum Gasteiger partial charge on any atom is -0.476 e. The number of aromatic carboxylic acids is 1. The Balaban J connectivity index is 1.51. The number of nitriles is 1. The number of hydrogen-bond acceptors (Lipinski definition) is 6. The van der Waals surface area contributed by atoms with Gasteiger partial charge in [0.2, 0.25) is 5.69 Å². The van der Waals surface area contributed by atoms with Crippen LogP contribution in [-0.2, 0) is 6.54 Å². The van der Waals surface area contributed by atoms with Crippen molar-refractivity contribution in [2.24, 2.45) is 0 Å². The maximum atomic E-state index is 11.1. The van der Waals surface area contributed by atoms with Crippen LogP contribution in [0.2, 0.25) is 0 Å². The Kier molecular flexibility index (Phi) is 5.13. The van der Waals surface area contributed by atoms with Crippen LogP contribution in [0.15, 0.2) is 29.3 Å². The van der Waals surface area contributed by atoms with Gasteiger partial charge in [-0.05, 0) is 43.6 Å². The lowest BCUT2D eigenvalue weighted by atomic mass is 10.1. The molecule has 2 heterocycles. The predicted molar refractivity (Wildman–Crippen MR) is 88.7 cm³/mol. The molecule has 0 aliphatic carbocycles. The number of aromatic nitrogens is 3. The van der Waals surface area contributed by atoms with E-state index in [1.165, 1.54) is 17.3 Å². The molecule has 0 amide bonds. The first-order valence-electron chi connectivity index (χ1n) is 7.68. The van der Waals surface area contributed by atoms with Crippen molar-refractivity contribution in [1.29, 1.82) is 5.26 Å². The monoisotopic (exact) mass is 343 g/mol. The largest absolute Gasteiger partial charge is 0.476 e. The maximum Gasteiger partial charge on any atom is 0.359 e. The third-order valence-corrected chi connectivity index (χ3v) is 5.33. The smallest absolute Gasteiger partial charge is 0.359 e. The van der Waals surface area contributed by atoms with E-state index in [-0.39, 0.29) is 5.69 Å². The zero-order valence-corrected chi connectivity index (χ0v) is 13.8. The molecular formula is C16H17N5O2S. The van der Waals surface area contributed by atoms with Gasteiger partial charge >= 0.3 is 5.97 Å². The van der Waals surface area contributed by atoms with Gasteiger partial charge in [0.15, 0.2) is 5.03 Å². The van der Waals surface area contributed by atoms with Gasteiger partial charge < -0.3 is 5.11 Å². The zero-order valence-electron chi connectivity index (χ0n) is 13.0. The number of carboxylic acid groups (broad SMARTS) is 1. The molecule has 0 saturated carbocycles. The number of hydrogen-bond donors (Lipinski definition) is 2. The molecule has 24 heavy (non-hydrogen) atoms. The van der Waals surface area contributed by atoms with Crippen LogP contribution in [0.1, 0.15) is 34.5 Å². The summed E-state index contributed by atoms with van der Waals surface area (Å²) in [6.45, 7) is 2.78. The quantitative estimate of drug-likeness (QED) is 0.856. The Morgan fingerprint density at radius 3 is 2.67 bits per heavy atom. The highest BCUT2D eigenvalue weighted by molar-refractivity contribution is 7.99. The summed E-state index contributed by atoms with van der Waals surface area (Å²) >= 11 is 1.49. The molecule has 0 atom stereocenters. The molecule has 2 N–H and O–H groups in total. The lowest BCUT2D eigenvalue weighted by Crippen LogP contribution is -2.34. The number of likely N-dealkylation sites (tertiary alicyclic amines) is 1. The van der Waals surface area contributed by atoms with Crippen molar-refractivity contribution in [2.45, 2.75) is 29.7 Å². The van der Waals surface area contributed by atoms with E-state index < -0.39 is 5.97 Å². The number of thioether (sulfide) groups is 1. The standard InChI is InChI=1S/C16H17N5O2S/c17-9-11-1-3-12(4-2-11)10-21-7-5-13(6-8-21)24-15-14(16(22)23)18-20-19-15/h1-4,13H,5-8,10H2,(H,22,23)(H,18,19,20). The fraction of sp³-hybridized carbons (Fsp3) is 0.375. The number of carbonyl (C=O) groups is 1. The fourth-order valence-electron chi connectivity index (χ4n) is 2.73. The van der Waals surface area contributed by atoms with Crippen molar-refractivity contribution < 1.29 is 9.90 Å². The number of H-pyrrole nitrogens is 1. The maximum absolute atomic E-state index is 11.1. The molecule has 1 aliphatic rings. The Labute approximate surface area is 143 Å². The van der Waals surface area contributed by atoms with Gasteiger partial charge in [0.05, 0.1) is 11.6 Å². The highest BCUT2D eigenvalue weighted by Gasteiger charge is 2.24. The van der Waals surface area contributed by atoms with Crippen molar-refractivity contribution in [3.63, 3.8) is 0 Å². The van der Waals surface area contributed by atoms with Crippen LogP contribution in [0.4, 0.5) is 0 Å². The lowest BCUT2D eigenvalue weighted by molar-refractivity contribution is 0.0686. The number of benzene rings is 1. The van der Waals surface area contributed by atoms with E-state index in [9.17, 15) is 4.79 Å². The third kappa shape index (κ3) is 3.93. The van der Waals surface area contributed by atoms with E-state index in [1.807, 2.05) is 24.3 Å². The molecule has 1 aromatic carbocycles. The predicted octanol–water partition coefficient (Wildman–Crippen LogP) is 2.13. The number of aromatic amines is 1. The fourth-order valence-corrected chi connectivity index (χ4v) is 3.83. The molecule has 1 aromatic heterocycles. The average Bonchev–Trinajstić information content (AvgIpc) is 3.06. The first kappa shape index (κ1) is 16.5. The van der Waals surface area contributed by atoms with Gasteiger partial charge in [-0.2, -0.15) is 10.5 Å². The molecule has 7 nitrogen and oxygen atoms in total. The third-order valence-electron chi connectivity index (χ3n) is 4.02. The summed E-state index contributed by atoms with van der Waals surface area (Å²) < 4.78 is 0. The van der Waals surface area contributed by atoms with Gasteiger partial charge in [-0.25, -0.2) is 4.79 Å². The molecular weight excluding hydrogens is 326 g/mol. The lowest BCUT2D eigenvalue weighted by Gasteiger charge is -2.31. The summed E-state index contributed by atoms with van der Waals surface area (Å²) in [5, 5.41) is 28.7. The van der Waals surface area contributed by atoms with Crippen LogP contribution in [0, 0.1) is 11.3 Å². The molecule has 8 heteroatoms. The van der Waals surface area contributed by atoms with Gasteiger partial charge in [-0.15, -0.1) is 10.2 Å². The first-order chi connectivity index (χ1) is 11.7. The number of piperidine rings is 1. The average molecular weight is 343 g/mol. The first-order valence-corrected chi connectivity index (χ1v) is 8.56. The number of carboxylic acids is 1. The van der Waals surface area contributed by atoms with E-state index in [2.05, 4.69) is 26.4 Å². The van der Waals surface area contributed by atoms with E-state index in [4.69, 9.17) is 10.4 Å². The van der Waals surface area contributed by atoms with E-state index in [0.29, 0.717) is 15.8 Å². The van der Waals surface area contributed by atoms with Crippen LogP contribution in [0.3, 0.4) is 0 Å². The Bertz CT molecular complexity index is 745. The highest BCUT2D eigenvalue weighted by atomic mass is 32.2. The van der Waals surface area contributed by atoms with Gasteiger partial charge in [0.1, 0.15) is 0 Å².